The van der Waals surface area contributed by atoms with Crippen molar-refractivity contribution in [3.05, 3.63) is 36.5 Å². The number of phosphoric ester groups is 1. The molecule has 0 aromatic carbocycles. The zero-order valence-corrected chi connectivity index (χ0v) is 40.6. The van der Waals surface area contributed by atoms with Crippen molar-refractivity contribution in [3.63, 3.8) is 0 Å². The predicted molar refractivity (Wildman–Crippen MR) is 250 cm³/mol. The van der Waals surface area contributed by atoms with Gasteiger partial charge in [0, 0.05) is 12.8 Å². The largest absolute Gasteiger partial charge is 0.756 e. The first-order valence-corrected chi connectivity index (χ1v) is 26.2. The van der Waals surface area contributed by atoms with E-state index in [4.69, 9.17) is 18.5 Å². The van der Waals surface area contributed by atoms with Crippen LogP contribution in [-0.4, -0.2) is 70.0 Å². The number of likely N-dealkylation sites (N-methyl/N-ethyl adjacent to an activating group) is 1. The standard InChI is InChI=1S/C50H94NO8P/c1-6-8-10-12-14-16-18-20-21-22-23-24-25-26-27-28-29-31-33-35-37-39-41-43-50(53)59-48(47-58-60(54,55)57-45-44-51(3,4)5)46-56-49(52)42-40-38-36-34-32-30-19-17-15-13-11-9-7-2/h28-30,32,35,37,48H,6-27,31,33-34,36,38-47H2,1-5H3/b29-28+,32-30+,37-35+/t48-/m1/s1. The molecule has 0 heterocycles. The number of hydrogen-bond acceptors (Lipinski definition) is 8. The van der Waals surface area contributed by atoms with Gasteiger partial charge in [-0.2, -0.15) is 0 Å². The molecule has 0 spiro atoms. The third-order valence-electron chi connectivity index (χ3n) is 10.6. The lowest BCUT2D eigenvalue weighted by Crippen LogP contribution is -2.37. The van der Waals surface area contributed by atoms with Crippen molar-refractivity contribution in [2.45, 2.75) is 225 Å². The van der Waals surface area contributed by atoms with Gasteiger partial charge in [-0.25, -0.2) is 0 Å². The zero-order valence-electron chi connectivity index (χ0n) is 39.7. The predicted octanol–water partition coefficient (Wildman–Crippen LogP) is 13.8. The van der Waals surface area contributed by atoms with Crippen LogP contribution in [0.4, 0.5) is 0 Å². The lowest BCUT2D eigenvalue weighted by molar-refractivity contribution is -0.870. The van der Waals surface area contributed by atoms with Gasteiger partial charge in [-0.05, 0) is 70.6 Å². The Bertz CT molecular complexity index is 1120. The summed E-state index contributed by atoms with van der Waals surface area (Å²) in [6.07, 6.45) is 49.1. The van der Waals surface area contributed by atoms with Gasteiger partial charge in [0.1, 0.15) is 19.8 Å². The molecule has 9 nitrogen and oxygen atoms in total. The van der Waals surface area contributed by atoms with Crippen molar-refractivity contribution in [1.82, 2.24) is 0 Å². The topological polar surface area (TPSA) is 111 Å². The molecule has 0 aliphatic rings. The van der Waals surface area contributed by atoms with Crippen molar-refractivity contribution >= 4 is 19.8 Å². The van der Waals surface area contributed by atoms with E-state index in [1.165, 1.54) is 128 Å². The maximum atomic E-state index is 12.7. The molecule has 0 rings (SSSR count). The molecule has 1 unspecified atom stereocenters. The smallest absolute Gasteiger partial charge is 0.306 e. The molecule has 0 saturated heterocycles. The molecule has 0 amide bonds. The summed E-state index contributed by atoms with van der Waals surface area (Å²) in [6, 6.07) is 0. The van der Waals surface area contributed by atoms with Crippen LogP contribution in [0, 0.1) is 0 Å². The molecular formula is C50H94NO8P. The number of unbranched alkanes of at least 4 members (excludes halogenated alkanes) is 25. The lowest BCUT2D eigenvalue weighted by Gasteiger charge is -2.28. The summed E-state index contributed by atoms with van der Waals surface area (Å²) in [5.41, 5.74) is 0. The van der Waals surface area contributed by atoms with Gasteiger partial charge in [0.25, 0.3) is 7.82 Å². The van der Waals surface area contributed by atoms with Crippen LogP contribution in [0.3, 0.4) is 0 Å². The van der Waals surface area contributed by atoms with E-state index in [0.717, 1.165) is 51.4 Å². The number of carbonyl (C=O) groups excluding carboxylic acids is 2. The van der Waals surface area contributed by atoms with E-state index in [2.05, 4.69) is 50.3 Å². The minimum absolute atomic E-state index is 0.0397. The number of allylic oxidation sites excluding steroid dienone is 6. The van der Waals surface area contributed by atoms with Crippen LogP contribution < -0.4 is 4.89 Å². The molecular weight excluding hydrogens is 774 g/mol. The van der Waals surface area contributed by atoms with Crippen LogP contribution in [0.5, 0.6) is 0 Å². The second kappa shape index (κ2) is 42.5. The Morgan fingerprint density at radius 1 is 0.500 bits per heavy atom. The molecule has 2 atom stereocenters. The third-order valence-corrected chi connectivity index (χ3v) is 11.6. The molecule has 0 radical (unpaired) electrons. The second-order valence-corrected chi connectivity index (χ2v) is 19.2. The Morgan fingerprint density at radius 3 is 1.33 bits per heavy atom. The van der Waals surface area contributed by atoms with Gasteiger partial charge in [0.05, 0.1) is 27.7 Å². The number of quaternary nitrogens is 1. The summed E-state index contributed by atoms with van der Waals surface area (Å²) in [4.78, 5) is 37.6. The molecule has 0 saturated carbocycles. The van der Waals surface area contributed by atoms with Crippen molar-refractivity contribution in [2.24, 2.45) is 0 Å². The number of esters is 2. The van der Waals surface area contributed by atoms with Gasteiger partial charge < -0.3 is 27.9 Å². The number of phosphoric acid groups is 1. The number of carbonyl (C=O) groups is 2. The second-order valence-electron chi connectivity index (χ2n) is 17.8. The Morgan fingerprint density at radius 2 is 0.883 bits per heavy atom. The Labute approximate surface area is 370 Å². The van der Waals surface area contributed by atoms with Crippen LogP contribution in [0.1, 0.15) is 219 Å². The van der Waals surface area contributed by atoms with Gasteiger partial charge in [0.15, 0.2) is 6.10 Å². The zero-order chi connectivity index (χ0) is 44.3. The number of ether oxygens (including phenoxy) is 2. The monoisotopic (exact) mass is 868 g/mol. The summed E-state index contributed by atoms with van der Waals surface area (Å²) in [5.74, 6) is -0.898. The molecule has 0 aromatic heterocycles. The fraction of sp³-hybridized carbons (Fsp3) is 0.840. The Kier molecular flexibility index (Phi) is 41.3. The van der Waals surface area contributed by atoms with Crippen LogP contribution in [0.2, 0.25) is 0 Å². The third kappa shape index (κ3) is 45.7. The van der Waals surface area contributed by atoms with Gasteiger partial charge in [-0.15, -0.1) is 0 Å². The highest BCUT2D eigenvalue weighted by atomic mass is 31.2. The van der Waals surface area contributed by atoms with Gasteiger partial charge in [-0.1, -0.05) is 172 Å². The molecule has 0 aromatic rings. The first kappa shape index (κ1) is 58.2. The molecule has 0 bridgehead atoms. The molecule has 0 N–H and O–H groups in total. The summed E-state index contributed by atoms with van der Waals surface area (Å²) in [5, 5.41) is 0. The van der Waals surface area contributed by atoms with Crippen LogP contribution in [-0.2, 0) is 32.7 Å². The summed E-state index contributed by atoms with van der Waals surface area (Å²) in [7, 11) is 1.14. The maximum Gasteiger partial charge on any atom is 0.306 e. The fourth-order valence-electron chi connectivity index (χ4n) is 6.73. The lowest BCUT2D eigenvalue weighted by atomic mass is 10.0. The quantitative estimate of drug-likeness (QED) is 0.0196. The molecule has 60 heavy (non-hydrogen) atoms. The average molecular weight is 868 g/mol. The summed E-state index contributed by atoms with van der Waals surface area (Å²) < 4.78 is 33.9. The van der Waals surface area contributed by atoms with E-state index in [1.807, 2.05) is 21.1 Å². The summed E-state index contributed by atoms with van der Waals surface area (Å²) >= 11 is 0. The molecule has 0 fully saturated rings. The highest BCUT2D eigenvalue weighted by molar-refractivity contribution is 7.45. The normalized spacial score (nSPS) is 13.8. The molecule has 0 aliphatic heterocycles. The minimum atomic E-state index is -4.64. The van der Waals surface area contributed by atoms with Crippen molar-refractivity contribution in [3.8, 4) is 0 Å². The molecule has 10 heteroatoms. The Balaban J connectivity index is 4.30. The fourth-order valence-corrected chi connectivity index (χ4v) is 7.46. The number of hydrogen-bond donors (Lipinski definition) is 0. The maximum absolute atomic E-state index is 12.7. The number of nitrogens with zero attached hydrogens (tertiary/aromatic N) is 1. The van der Waals surface area contributed by atoms with Gasteiger partial charge >= 0.3 is 11.9 Å². The summed E-state index contributed by atoms with van der Waals surface area (Å²) in [6.45, 7) is 4.18. The number of rotatable bonds is 45. The SMILES string of the molecule is CCCCCCCC/C=C/CCCCCC(=O)OC[C@H](COP(=O)([O-])OCC[N+](C)(C)C)OC(=O)CCC/C=C/CC/C=C/CCCCCCCCCCCCCCCC. The molecule has 0 aliphatic carbocycles. The first-order valence-electron chi connectivity index (χ1n) is 24.7. The Hall–Kier alpha value is -1.77. The minimum Gasteiger partial charge on any atom is -0.756 e. The van der Waals surface area contributed by atoms with E-state index in [9.17, 15) is 19.0 Å². The molecule has 352 valence electrons. The van der Waals surface area contributed by atoms with E-state index in [-0.39, 0.29) is 26.1 Å². The van der Waals surface area contributed by atoms with E-state index in [0.29, 0.717) is 23.9 Å². The highest BCUT2D eigenvalue weighted by Crippen LogP contribution is 2.38. The van der Waals surface area contributed by atoms with E-state index in [1.54, 1.807) is 0 Å². The van der Waals surface area contributed by atoms with Gasteiger partial charge in [-0.3, -0.25) is 14.2 Å². The van der Waals surface area contributed by atoms with E-state index >= 15 is 0 Å². The van der Waals surface area contributed by atoms with Crippen LogP contribution >= 0.6 is 7.82 Å². The average Bonchev–Trinajstić information content (AvgIpc) is 3.20. The van der Waals surface area contributed by atoms with Crippen LogP contribution in [0.15, 0.2) is 36.5 Å². The van der Waals surface area contributed by atoms with Crippen LogP contribution in [0.25, 0.3) is 0 Å². The van der Waals surface area contributed by atoms with Crippen molar-refractivity contribution in [1.29, 1.82) is 0 Å². The van der Waals surface area contributed by atoms with Crippen molar-refractivity contribution in [2.75, 3.05) is 47.5 Å². The van der Waals surface area contributed by atoms with E-state index < -0.39 is 32.5 Å². The first-order chi connectivity index (χ1) is 29.0. The highest BCUT2D eigenvalue weighted by Gasteiger charge is 2.21. The van der Waals surface area contributed by atoms with Gasteiger partial charge in [0.2, 0.25) is 0 Å². The van der Waals surface area contributed by atoms with Crippen molar-refractivity contribution < 1.29 is 42.1 Å².